The molecule has 2 aromatic rings. The van der Waals surface area contributed by atoms with Crippen LogP contribution in [0.5, 0.6) is 11.5 Å². The van der Waals surface area contributed by atoms with Crippen molar-refractivity contribution in [1.29, 1.82) is 0 Å². The topological polar surface area (TPSA) is 42.0 Å². The number of para-hydroxylation sites is 1. The first kappa shape index (κ1) is 20.1. The molecule has 0 atom stereocenters. The van der Waals surface area contributed by atoms with Crippen molar-refractivity contribution < 1.29 is 18.7 Å². The van der Waals surface area contributed by atoms with Gasteiger partial charge in [0.25, 0.3) is 0 Å². The highest BCUT2D eigenvalue weighted by Gasteiger charge is 2.21. The van der Waals surface area contributed by atoms with Crippen molar-refractivity contribution in [3.63, 3.8) is 0 Å². The number of ether oxygens (including phenoxy) is 2. The van der Waals surface area contributed by atoms with Crippen LogP contribution in [0, 0.1) is 5.82 Å². The number of benzene rings is 2. The molecule has 1 saturated heterocycles. The lowest BCUT2D eigenvalue weighted by Crippen LogP contribution is -2.48. The molecular weight excluding hydrogens is 359 g/mol. The van der Waals surface area contributed by atoms with Crippen LogP contribution in [-0.4, -0.2) is 56.1 Å². The molecule has 28 heavy (non-hydrogen) atoms. The van der Waals surface area contributed by atoms with Gasteiger partial charge in [-0.1, -0.05) is 24.3 Å². The number of hydrogen-bond donors (Lipinski definition) is 0. The van der Waals surface area contributed by atoms with Gasteiger partial charge in [0.1, 0.15) is 5.75 Å². The molecule has 0 aliphatic carbocycles. The van der Waals surface area contributed by atoms with Gasteiger partial charge in [0.05, 0.1) is 14.2 Å². The molecule has 2 aromatic carbocycles. The molecule has 3 rings (SSSR count). The maximum Gasteiger partial charge on any atom is 0.222 e. The monoisotopic (exact) mass is 386 g/mol. The van der Waals surface area contributed by atoms with Gasteiger partial charge in [-0.05, 0) is 35.7 Å². The molecule has 0 aromatic heterocycles. The molecule has 1 aliphatic rings. The van der Waals surface area contributed by atoms with Gasteiger partial charge < -0.3 is 14.4 Å². The number of halogens is 1. The molecule has 0 N–H and O–H groups in total. The smallest absolute Gasteiger partial charge is 0.222 e. The van der Waals surface area contributed by atoms with Crippen LogP contribution in [0.3, 0.4) is 0 Å². The molecule has 0 saturated carbocycles. The summed E-state index contributed by atoms with van der Waals surface area (Å²) in [6.45, 7) is 3.64. The summed E-state index contributed by atoms with van der Waals surface area (Å²) in [5.41, 5.74) is 1.97. The molecule has 5 nitrogen and oxygen atoms in total. The summed E-state index contributed by atoms with van der Waals surface area (Å²) < 4.78 is 24.2. The van der Waals surface area contributed by atoms with E-state index in [1.54, 1.807) is 13.2 Å². The lowest BCUT2D eigenvalue weighted by molar-refractivity contribution is -0.133. The van der Waals surface area contributed by atoms with Gasteiger partial charge in [0, 0.05) is 39.1 Å². The number of nitrogens with zero attached hydrogens (tertiary/aromatic N) is 2. The molecule has 0 spiro atoms. The van der Waals surface area contributed by atoms with E-state index in [9.17, 15) is 9.18 Å². The average molecular weight is 386 g/mol. The van der Waals surface area contributed by atoms with Crippen LogP contribution < -0.4 is 9.47 Å². The molecule has 0 radical (unpaired) electrons. The summed E-state index contributed by atoms with van der Waals surface area (Å²) in [4.78, 5) is 16.7. The first-order valence-electron chi connectivity index (χ1n) is 9.55. The third-order valence-corrected chi connectivity index (χ3v) is 5.15. The van der Waals surface area contributed by atoms with Crippen molar-refractivity contribution in [3.05, 3.63) is 59.4 Å². The van der Waals surface area contributed by atoms with E-state index < -0.39 is 0 Å². The fourth-order valence-corrected chi connectivity index (χ4v) is 3.53. The molecule has 0 bridgehead atoms. The average Bonchev–Trinajstić information content (AvgIpc) is 2.73. The van der Waals surface area contributed by atoms with Crippen LogP contribution in [-0.2, 0) is 17.8 Å². The highest BCUT2D eigenvalue weighted by Crippen LogP contribution is 2.21. The number of aryl methyl sites for hydroxylation is 1. The second kappa shape index (κ2) is 9.55. The molecule has 6 heteroatoms. The lowest BCUT2D eigenvalue weighted by Gasteiger charge is -2.35. The van der Waals surface area contributed by atoms with Crippen molar-refractivity contribution in [2.75, 3.05) is 40.4 Å². The Balaban J connectivity index is 1.47. The van der Waals surface area contributed by atoms with E-state index in [1.807, 2.05) is 35.2 Å². The highest BCUT2D eigenvalue weighted by atomic mass is 19.1. The van der Waals surface area contributed by atoms with Gasteiger partial charge in [-0.3, -0.25) is 9.69 Å². The number of methoxy groups -OCH3 is 2. The second-order valence-electron chi connectivity index (χ2n) is 6.94. The lowest BCUT2D eigenvalue weighted by atomic mass is 10.1. The maximum absolute atomic E-state index is 13.8. The summed E-state index contributed by atoms with van der Waals surface area (Å²) in [5, 5.41) is 0. The van der Waals surface area contributed by atoms with Gasteiger partial charge >= 0.3 is 0 Å². The first-order valence-corrected chi connectivity index (χ1v) is 9.55. The quantitative estimate of drug-likeness (QED) is 0.733. The van der Waals surface area contributed by atoms with Crippen LogP contribution in [0.2, 0.25) is 0 Å². The van der Waals surface area contributed by atoms with Gasteiger partial charge in [-0.15, -0.1) is 0 Å². The Labute approximate surface area is 165 Å². The van der Waals surface area contributed by atoms with Gasteiger partial charge in [-0.25, -0.2) is 4.39 Å². The Kier molecular flexibility index (Phi) is 6.87. The van der Waals surface area contributed by atoms with Crippen LogP contribution in [0.4, 0.5) is 4.39 Å². The molecule has 1 aliphatic heterocycles. The second-order valence-corrected chi connectivity index (χ2v) is 6.94. The first-order chi connectivity index (χ1) is 13.6. The van der Waals surface area contributed by atoms with E-state index in [4.69, 9.17) is 9.47 Å². The minimum absolute atomic E-state index is 0.168. The Hall–Kier alpha value is -2.60. The third kappa shape index (κ3) is 5.01. The zero-order chi connectivity index (χ0) is 19.9. The number of carbonyl (C=O) groups is 1. The van der Waals surface area contributed by atoms with Crippen LogP contribution in [0.25, 0.3) is 0 Å². The van der Waals surface area contributed by atoms with E-state index in [-0.39, 0.29) is 17.5 Å². The number of rotatable bonds is 7. The SMILES string of the molecule is COc1ccc(CN2CCN(C(=O)CCc3ccccc3OC)CC2)cc1F. The minimum Gasteiger partial charge on any atom is -0.496 e. The highest BCUT2D eigenvalue weighted by molar-refractivity contribution is 5.76. The Bertz CT molecular complexity index is 804. The molecule has 1 amide bonds. The zero-order valence-corrected chi connectivity index (χ0v) is 16.5. The van der Waals surface area contributed by atoms with Crippen LogP contribution in [0.15, 0.2) is 42.5 Å². The Morgan fingerprint density at radius 3 is 2.39 bits per heavy atom. The fraction of sp³-hybridized carbons (Fsp3) is 0.409. The van der Waals surface area contributed by atoms with E-state index in [0.717, 1.165) is 30.0 Å². The summed E-state index contributed by atoms with van der Waals surface area (Å²) in [5.74, 6) is 0.909. The molecular formula is C22H27FN2O3. The van der Waals surface area contributed by atoms with Crippen molar-refractivity contribution in [2.24, 2.45) is 0 Å². The predicted molar refractivity (Wildman–Crippen MR) is 106 cm³/mol. The Morgan fingerprint density at radius 1 is 1.00 bits per heavy atom. The van der Waals surface area contributed by atoms with E-state index >= 15 is 0 Å². The van der Waals surface area contributed by atoms with E-state index in [2.05, 4.69) is 4.90 Å². The van der Waals surface area contributed by atoms with Crippen LogP contribution >= 0.6 is 0 Å². The van der Waals surface area contributed by atoms with Crippen molar-refractivity contribution in [2.45, 2.75) is 19.4 Å². The summed E-state index contributed by atoms with van der Waals surface area (Å²) in [6, 6.07) is 12.9. The summed E-state index contributed by atoms with van der Waals surface area (Å²) >= 11 is 0. The molecule has 150 valence electrons. The van der Waals surface area contributed by atoms with E-state index in [1.165, 1.54) is 13.2 Å². The standard InChI is InChI=1S/C22H27FN2O3/c1-27-20-6-4-3-5-18(20)8-10-22(26)25-13-11-24(12-14-25)16-17-7-9-21(28-2)19(23)15-17/h3-7,9,15H,8,10-14,16H2,1-2H3. The number of amides is 1. The maximum atomic E-state index is 13.8. The molecule has 0 unspecified atom stereocenters. The normalized spacial score (nSPS) is 14.8. The van der Waals surface area contributed by atoms with Gasteiger partial charge in [0.2, 0.25) is 5.91 Å². The molecule has 1 heterocycles. The number of carbonyl (C=O) groups excluding carboxylic acids is 1. The van der Waals surface area contributed by atoms with Crippen LogP contribution in [0.1, 0.15) is 17.5 Å². The zero-order valence-electron chi connectivity index (χ0n) is 16.5. The van der Waals surface area contributed by atoms with Gasteiger partial charge in [-0.2, -0.15) is 0 Å². The minimum atomic E-state index is -0.342. The van der Waals surface area contributed by atoms with E-state index in [0.29, 0.717) is 32.5 Å². The third-order valence-electron chi connectivity index (χ3n) is 5.15. The van der Waals surface area contributed by atoms with Gasteiger partial charge in [0.15, 0.2) is 11.6 Å². The fourth-order valence-electron chi connectivity index (χ4n) is 3.53. The van der Waals surface area contributed by atoms with Crippen molar-refractivity contribution in [1.82, 2.24) is 9.80 Å². The largest absolute Gasteiger partial charge is 0.496 e. The summed E-state index contributed by atoms with van der Waals surface area (Å²) in [7, 11) is 3.11. The molecule has 1 fully saturated rings. The number of hydrogen-bond acceptors (Lipinski definition) is 4. The predicted octanol–water partition coefficient (Wildman–Crippen LogP) is 3.12. The summed E-state index contributed by atoms with van der Waals surface area (Å²) in [6.07, 6.45) is 1.15. The van der Waals surface area contributed by atoms with Crippen molar-refractivity contribution >= 4 is 5.91 Å². The Morgan fingerprint density at radius 2 is 1.71 bits per heavy atom. The van der Waals surface area contributed by atoms with Crippen molar-refractivity contribution in [3.8, 4) is 11.5 Å². The number of piperazine rings is 1.